The number of morpholine rings is 1. The van der Waals surface area contributed by atoms with Gasteiger partial charge in [0.2, 0.25) is 11.8 Å². The van der Waals surface area contributed by atoms with E-state index in [2.05, 4.69) is 10.2 Å². The topological polar surface area (TPSA) is 118 Å². The molecule has 4 fully saturated rings. The van der Waals surface area contributed by atoms with E-state index in [0.29, 0.717) is 45.6 Å². The fraction of sp³-hybridized carbons (Fsp3) is 0.864. The molecular weight excluding hydrogens is 418 g/mol. The zero-order valence-corrected chi connectivity index (χ0v) is 19.0. The lowest BCUT2D eigenvalue weighted by molar-refractivity contribution is -0.160. The SMILES string of the molecule is CCOC(=O)[C@@H]1[C@H]2C(=O)N(CCO)C(C(=O)NCCN3CCOCC3)C23CC[C@@]1(CC)O3. The van der Waals surface area contributed by atoms with Crippen LogP contribution >= 0.6 is 0 Å². The Morgan fingerprint density at radius 2 is 1.97 bits per heavy atom. The van der Waals surface area contributed by atoms with Gasteiger partial charge in [0, 0.05) is 32.7 Å². The van der Waals surface area contributed by atoms with Crippen LogP contribution in [0.2, 0.25) is 0 Å². The predicted molar refractivity (Wildman–Crippen MR) is 113 cm³/mol. The highest BCUT2D eigenvalue weighted by Crippen LogP contribution is 2.64. The van der Waals surface area contributed by atoms with Gasteiger partial charge in [-0.15, -0.1) is 0 Å². The first-order valence-corrected chi connectivity index (χ1v) is 11.8. The van der Waals surface area contributed by atoms with Crippen molar-refractivity contribution in [3.05, 3.63) is 0 Å². The third kappa shape index (κ3) is 3.61. The third-order valence-electron chi connectivity index (χ3n) is 7.64. The lowest BCUT2D eigenvalue weighted by Gasteiger charge is -2.33. The predicted octanol–water partition coefficient (Wildman–Crippen LogP) is -0.855. The van der Waals surface area contributed by atoms with Gasteiger partial charge in [-0.3, -0.25) is 19.3 Å². The molecule has 0 aromatic heterocycles. The van der Waals surface area contributed by atoms with Crippen LogP contribution in [0.5, 0.6) is 0 Å². The summed E-state index contributed by atoms with van der Waals surface area (Å²) >= 11 is 0. The molecule has 180 valence electrons. The van der Waals surface area contributed by atoms with E-state index in [-0.39, 0.29) is 31.6 Å². The van der Waals surface area contributed by atoms with E-state index in [1.54, 1.807) is 6.92 Å². The van der Waals surface area contributed by atoms with Crippen LogP contribution in [0, 0.1) is 11.8 Å². The van der Waals surface area contributed by atoms with Crippen LogP contribution in [0.4, 0.5) is 0 Å². The van der Waals surface area contributed by atoms with Gasteiger partial charge in [0.15, 0.2) is 0 Å². The van der Waals surface area contributed by atoms with Gasteiger partial charge in [-0.25, -0.2) is 0 Å². The first-order chi connectivity index (χ1) is 15.4. The maximum absolute atomic E-state index is 13.5. The van der Waals surface area contributed by atoms with E-state index < -0.39 is 35.0 Å². The van der Waals surface area contributed by atoms with Crippen molar-refractivity contribution in [2.24, 2.45) is 11.8 Å². The number of hydrogen-bond donors (Lipinski definition) is 2. The minimum Gasteiger partial charge on any atom is -0.466 e. The van der Waals surface area contributed by atoms with Gasteiger partial charge in [-0.1, -0.05) is 6.92 Å². The van der Waals surface area contributed by atoms with Gasteiger partial charge >= 0.3 is 5.97 Å². The first kappa shape index (κ1) is 23.4. The smallest absolute Gasteiger partial charge is 0.312 e. The highest BCUT2D eigenvalue weighted by Gasteiger charge is 2.78. The molecule has 2 amide bonds. The van der Waals surface area contributed by atoms with Crippen LogP contribution < -0.4 is 5.32 Å². The van der Waals surface area contributed by atoms with Crippen LogP contribution in [0.1, 0.15) is 33.1 Å². The quantitative estimate of drug-likeness (QED) is 0.434. The van der Waals surface area contributed by atoms with Crippen molar-refractivity contribution in [1.82, 2.24) is 15.1 Å². The van der Waals surface area contributed by atoms with Crippen molar-refractivity contribution in [3.8, 4) is 0 Å². The third-order valence-corrected chi connectivity index (χ3v) is 7.64. The molecule has 4 aliphatic rings. The molecule has 4 saturated heterocycles. The van der Waals surface area contributed by atoms with Gasteiger partial charge in [-0.2, -0.15) is 0 Å². The van der Waals surface area contributed by atoms with Crippen LogP contribution in [0.15, 0.2) is 0 Å². The molecule has 2 bridgehead atoms. The Labute approximate surface area is 188 Å². The van der Waals surface area contributed by atoms with E-state index in [4.69, 9.17) is 14.2 Å². The summed E-state index contributed by atoms with van der Waals surface area (Å²) in [6.45, 7) is 7.80. The molecule has 0 saturated carbocycles. The summed E-state index contributed by atoms with van der Waals surface area (Å²) in [5.41, 5.74) is -1.85. The molecule has 4 heterocycles. The van der Waals surface area contributed by atoms with Crippen molar-refractivity contribution in [2.75, 3.05) is 59.2 Å². The number of amides is 2. The Balaban J connectivity index is 1.56. The highest BCUT2D eigenvalue weighted by atomic mass is 16.6. The number of esters is 1. The van der Waals surface area contributed by atoms with Crippen molar-refractivity contribution in [3.63, 3.8) is 0 Å². The number of rotatable bonds is 9. The minimum atomic E-state index is -1.07. The Hall–Kier alpha value is -1.75. The number of nitrogens with one attached hydrogen (secondary N) is 1. The summed E-state index contributed by atoms with van der Waals surface area (Å²) in [6, 6.07) is -0.871. The average Bonchev–Trinajstić information content (AvgIpc) is 3.39. The number of β-amino-alcohol motifs (C(OH)–C–C–N with tert-alkyl or cyclic N) is 1. The number of carbonyl (C=O) groups is 3. The van der Waals surface area contributed by atoms with Gasteiger partial charge in [-0.05, 0) is 26.2 Å². The molecule has 2 N–H and O–H groups in total. The number of fused-ring (bicyclic) bond motifs is 1. The standard InChI is InChI=1S/C22H35N3O7/c1-3-21-5-6-22(32-21)15(16(21)20(29)31-4-2)19(28)25(9-12-26)17(22)18(27)23-7-8-24-10-13-30-14-11-24/h15-17,26H,3-14H2,1-2H3,(H,23,27)/t15-,16-,17?,21+,22?/m0/s1. The summed E-state index contributed by atoms with van der Waals surface area (Å²) in [6.07, 6.45) is 1.69. The van der Waals surface area contributed by atoms with Crippen LogP contribution in [-0.4, -0.2) is 109 Å². The molecule has 4 aliphatic heterocycles. The lowest BCUT2D eigenvalue weighted by atomic mass is 9.65. The van der Waals surface area contributed by atoms with Crippen molar-refractivity contribution < 1.29 is 33.7 Å². The fourth-order valence-electron chi connectivity index (χ4n) is 6.22. The second-order valence-electron chi connectivity index (χ2n) is 9.09. The summed E-state index contributed by atoms with van der Waals surface area (Å²) in [4.78, 5) is 43.5. The molecular formula is C22H35N3O7. The van der Waals surface area contributed by atoms with Gasteiger partial charge < -0.3 is 29.5 Å². The number of hydrogen-bond acceptors (Lipinski definition) is 8. The monoisotopic (exact) mass is 453 g/mol. The van der Waals surface area contributed by atoms with Gasteiger partial charge in [0.05, 0.1) is 37.9 Å². The van der Waals surface area contributed by atoms with Crippen LogP contribution in [-0.2, 0) is 28.6 Å². The lowest BCUT2D eigenvalue weighted by Crippen LogP contribution is -2.56. The Morgan fingerprint density at radius 1 is 1.22 bits per heavy atom. The largest absolute Gasteiger partial charge is 0.466 e. The Kier molecular flexibility index (Phi) is 6.76. The molecule has 0 radical (unpaired) electrons. The maximum atomic E-state index is 13.5. The van der Waals surface area contributed by atoms with Gasteiger partial charge in [0.25, 0.3) is 0 Å². The number of carbonyl (C=O) groups excluding carboxylic acids is 3. The summed E-state index contributed by atoms with van der Waals surface area (Å²) in [5, 5.41) is 12.6. The maximum Gasteiger partial charge on any atom is 0.312 e. The van der Waals surface area contributed by atoms with Gasteiger partial charge in [0.1, 0.15) is 17.6 Å². The molecule has 10 nitrogen and oxygen atoms in total. The normalized spacial score (nSPS) is 36.4. The molecule has 4 rings (SSSR count). The Morgan fingerprint density at radius 3 is 2.62 bits per heavy atom. The van der Waals surface area contributed by atoms with E-state index in [9.17, 15) is 19.5 Å². The number of aliphatic hydroxyl groups excluding tert-OH is 1. The van der Waals surface area contributed by atoms with Crippen molar-refractivity contribution in [2.45, 2.75) is 50.4 Å². The molecule has 1 spiro atoms. The zero-order valence-electron chi connectivity index (χ0n) is 19.0. The van der Waals surface area contributed by atoms with Crippen molar-refractivity contribution >= 4 is 17.8 Å². The summed E-state index contributed by atoms with van der Waals surface area (Å²) in [5.74, 6) is -2.54. The number of likely N-dealkylation sites (tertiary alicyclic amines) is 1. The second kappa shape index (κ2) is 9.24. The van der Waals surface area contributed by atoms with E-state index in [1.807, 2.05) is 6.92 Å². The highest BCUT2D eigenvalue weighted by molar-refractivity contribution is 5.98. The van der Waals surface area contributed by atoms with Crippen LogP contribution in [0.3, 0.4) is 0 Å². The van der Waals surface area contributed by atoms with E-state index >= 15 is 0 Å². The number of ether oxygens (including phenoxy) is 3. The number of aliphatic hydroxyl groups is 1. The van der Waals surface area contributed by atoms with Crippen LogP contribution in [0.25, 0.3) is 0 Å². The molecule has 5 atom stereocenters. The summed E-state index contributed by atoms with van der Waals surface area (Å²) < 4.78 is 17.2. The summed E-state index contributed by atoms with van der Waals surface area (Å²) in [7, 11) is 0. The molecule has 32 heavy (non-hydrogen) atoms. The fourth-order valence-corrected chi connectivity index (χ4v) is 6.22. The number of nitrogens with zero attached hydrogens (tertiary/aromatic N) is 2. The zero-order chi connectivity index (χ0) is 22.9. The van der Waals surface area contributed by atoms with E-state index in [0.717, 1.165) is 13.1 Å². The molecule has 0 aromatic rings. The minimum absolute atomic E-state index is 0.0245. The molecule has 0 aliphatic carbocycles. The molecule has 0 aromatic carbocycles. The van der Waals surface area contributed by atoms with E-state index in [1.165, 1.54) is 4.90 Å². The molecule has 10 heteroatoms. The molecule has 2 unspecified atom stereocenters. The second-order valence-corrected chi connectivity index (χ2v) is 9.09. The average molecular weight is 454 g/mol. The Bertz CT molecular complexity index is 743. The first-order valence-electron chi connectivity index (χ1n) is 11.8. The van der Waals surface area contributed by atoms with Crippen molar-refractivity contribution in [1.29, 1.82) is 0 Å².